The Labute approximate surface area is 218 Å². The molecule has 5 rings (SSSR count). The van der Waals surface area contributed by atoms with Crippen molar-refractivity contribution in [2.45, 2.75) is 68.4 Å². The maximum absolute atomic E-state index is 14.2. The molecule has 37 heavy (non-hydrogen) atoms. The summed E-state index contributed by atoms with van der Waals surface area (Å²) in [6.45, 7) is 5.58. The molecule has 3 aliphatic heterocycles. The van der Waals surface area contributed by atoms with Crippen LogP contribution in [-0.2, 0) is 29.4 Å². The summed E-state index contributed by atoms with van der Waals surface area (Å²) in [5.41, 5.74) is 5.33. The van der Waals surface area contributed by atoms with Crippen LogP contribution < -0.4 is 5.73 Å². The fourth-order valence-corrected chi connectivity index (χ4v) is 6.88. The van der Waals surface area contributed by atoms with Crippen LogP contribution in [0, 0.1) is 0 Å². The first-order valence-corrected chi connectivity index (χ1v) is 13.4. The average Bonchev–Trinajstić information content (AvgIpc) is 3.48. The number of piperidine rings is 1. The minimum Gasteiger partial charge on any atom is -0.459 e. The lowest BCUT2D eigenvalue weighted by Gasteiger charge is -2.47. The maximum Gasteiger partial charge on any atom is 0.348 e. The van der Waals surface area contributed by atoms with E-state index in [1.165, 1.54) is 49.3 Å². The Hall–Kier alpha value is -3.00. The highest BCUT2D eigenvalue weighted by Crippen LogP contribution is 2.47. The van der Waals surface area contributed by atoms with Crippen molar-refractivity contribution >= 4 is 11.9 Å². The van der Waals surface area contributed by atoms with Crippen molar-refractivity contribution in [2.75, 3.05) is 19.9 Å². The molecule has 0 saturated carbocycles. The van der Waals surface area contributed by atoms with Gasteiger partial charge in [0.05, 0.1) is 25.2 Å². The first-order valence-electron chi connectivity index (χ1n) is 13.4. The van der Waals surface area contributed by atoms with Gasteiger partial charge in [0.2, 0.25) is 5.60 Å². The molecule has 3 fully saturated rings. The Kier molecular flexibility index (Phi) is 7.47. The number of nitrogens with two attached hydrogens (primary N) is 1. The van der Waals surface area contributed by atoms with Gasteiger partial charge in [0.25, 0.3) is 0 Å². The van der Waals surface area contributed by atoms with Crippen LogP contribution in [0.2, 0.25) is 0 Å². The second-order valence-electron chi connectivity index (χ2n) is 10.5. The molecule has 0 aromatic heterocycles. The lowest BCUT2D eigenvalue weighted by atomic mass is 9.85. The van der Waals surface area contributed by atoms with Crippen molar-refractivity contribution in [1.82, 2.24) is 0 Å². The summed E-state index contributed by atoms with van der Waals surface area (Å²) in [5.74, 6) is -1.17. The molecule has 2 aromatic carbocycles. The number of esters is 2. The van der Waals surface area contributed by atoms with Gasteiger partial charge in [-0.2, -0.15) is 0 Å². The first-order chi connectivity index (χ1) is 18.0. The van der Waals surface area contributed by atoms with E-state index >= 15 is 0 Å². The van der Waals surface area contributed by atoms with Crippen LogP contribution >= 0.6 is 0 Å². The Morgan fingerprint density at radius 1 is 0.973 bits per heavy atom. The number of rotatable bonds is 9. The van der Waals surface area contributed by atoms with E-state index < -0.39 is 30.4 Å². The molecule has 0 amide bonds. The van der Waals surface area contributed by atoms with Crippen molar-refractivity contribution in [3.63, 3.8) is 0 Å². The smallest absolute Gasteiger partial charge is 0.348 e. The molecule has 3 saturated heterocycles. The van der Waals surface area contributed by atoms with E-state index in [1.807, 2.05) is 60.7 Å². The monoisotopic (exact) mass is 505 g/mol. The van der Waals surface area contributed by atoms with Crippen LogP contribution in [0.1, 0.15) is 49.7 Å². The van der Waals surface area contributed by atoms with Gasteiger partial charge in [0.15, 0.2) is 6.79 Å². The summed E-state index contributed by atoms with van der Waals surface area (Å²) in [4.78, 5) is 26.4. The zero-order valence-corrected chi connectivity index (χ0v) is 21.3. The minimum atomic E-state index is -1.60. The van der Waals surface area contributed by atoms with Crippen molar-refractivity contribution in [2.24, 2.45) is 5.73 Å². The molecule has 2 unspecified atom stereocenters. The van der Waals surface area contributed by atoms with Gasteiger partial charge in [0.1, 0.15) is 12.1 Å². The van der Waals surface area contributed by atoms with E-state index in [0.717, 1.165) is 12.8 Å². The van der Waals surface area contributed by atoms with E-state index in [2.05, 4.69) is 6.58 Å². The summed E-state index contributed by atoms with van der Waals surface area (Å²) < 4.78 is 19.0. The van der Waals surface area contributed by atoms with Crippen LogP contribution in [0.3, 0.4) is 0 Å². The number of benzene rings is 2. The summed E-state index contributed by atoms with van der Waals surface area (Å²) in [6, 6.07) is 18.7. The molecule has 3 heterocycles. The van der Waals surface area contributed by atoms with Gasteiger partial charge < -0.3 is 24.4 Å². The zero-order chi connectivity index (χ0) is 25.9. The van der Waals surface area contributed by atoms with Gasteiger partial charge in [-0.25, -0.2) is 9.59 Å². The molecular weight excluding hydrogens is 468 g/mol. The number of nitrogens with zero attached hydrogens (tertiary/aromatic N) is 1. The van der Waals surface area contributed by atoms with E-state index in [9.17, 15) is 9.59 Å². The molecule has 196 valence electrons. The van der Waals surface area contributed by atoms with Gasteiger partial charge in [-0.3, -0.25) is 0 Å². The van der Waals surface area contributed by atoms with Crippen molar-refractivity contribution in [1.29, 1.82) is 0 Å². The van der Waals surface area contributed by atoms with Crippen LogP contribution in [0.15, 0.2) is 73.3 Å². The number of carbonyl (C=O) groups excluding carboxylic acids is 2. The number of quaternary nitrogens is 1. The van der Waals surface area contributed by atoms with Crippen LogP contribution in [0.4, 0.5) is 0 Å². The Balaban J connectivity index is 1.43. The molecule has 0 radical (unpaired) electrons. The average molecular weight is 506 g/mol. The first kappa shape index (κ1) is 25.6. The highest BCUT2D eigenvalue weighted by atomic mass is 16.7. The topological polar surface area (TPSA) is 87.9 Å². The Morgan fingerprint density at radius 3 is 2.03 bits per heavy atom. The standard InChI is InChI=1S/C30H37N2O5/c1-2-27(31)28(33)35-21-36-30(22-11-5-3-6-12-22,23-13-7-4-8-14-23)29(34)37-26-19-24-15-16-25(20-26)32(24)17-9-10-18-32/h2-8,11-14,24-27H,1,9-10,15-21,31H2/q+1/t24?,25?,26?,27-/m0/s1. The third kappa shape index (κ3) is 4.72. The van der Waals surface area contributed by atoms with Gasteiger partial charge in [-0.05, 0) is 11.1 Å². The molecule has 7 heteroatoms. The summed E-state index contributed by atoms with van der Waals surface area (Å²) in [6.07, 6.45) is 7.90. The molecule has 3 atom stereocenters. The van der Waals surface area contributed by atoms with E-state index in [0.29, 0.717) is 23.2 Å². The van der Waals surface area contributed by atoms with Gasteiger partial charge in [0, 0.05) is 38.5 Å². The second-order valence-corrected chi connectivity index (χ2v) is 10.5. The van der Waals surface area contributed by atoms with Crippen LogP contribution in [0.5, 0.6) is 0 Å². The highest BCUT2D eigenvalue weighted by Gasteiger charge is 2.57. The lowest BCUT2D eigenvalue weighted by molar-refractivity contribution is -0.956. The van der Waals surface area contributed by atoms with Gasteiger partial charge in [-0.1, -0.05) is 66.7 Å². The van der Waals surface area contributed by atoms with Crippen LogP contribution in [0.25, 0.3) is 0 Å². The molecule has 3 aliphatic rings. The fourth-order valence-electron chi connectivity index (χ4n) is 6.88. The van der Waals surface area contributed by atoms with Gasteiger partial charge in [-0.15, -0.1) is 6.58 Å². The molecule has 2 bridgehead atoms. The van der Waals surface area contributed by atoms with E-state index in [-0.39, 0.29) is 6.10 Å². The molecular formula is C30H37N2O5+. The van der Waals surface area contributed by atoms with E-state index in [4.69, 9.17) is 19.9 Å². The Bertz CT molecular complexity index is 1040. The predicted octanol–water partition coefficient (Wildman–Crippen LogP) is 3.81. The summed E-state index contributed by atoms with van der Waals surface area (Å²) >= 11 is 0. The van der Waals surface area contributed by atoms with Gasteiger partial charge >= 0.3 is 11.9 Å². The summed E-state index contributed by atoms with van der Waals surface area (Å²) in [7, 11) is 0. The van der Waals surface area contributed by atoms with Crippen LogP contribution in [-0.4, -0.2) is 60.5 Å². The Morgan fingerprint density at radius 2 is 1.51 bits per heavy atom. The van der Waals surface area contributed by atoms with Crippen molar-refractivity contribution < 1.29 is 28.3 Å². The number of hydrogen-bond donors (Lipinski definition) is 1. The number of carbonyl (C=O) groups is 2. The van der Waals surface area contributed by atoms with Crippen molar-refractivity contribution in [3.05, 3.63) is 84.4 Å². The lowest BCUT2D eigenvalue weighted by Crippen LogP contribution is -2.60. The molecule has 0 aliphatic carbocycles. The third-order valence-corrected chi connectivity index (χ3v) is 8.68. The quantitative estimate of drug-likeness (QED) is 0.241. The molecule has 2 aromatic rings. The predicted molar refractivity (Wildman–Crippen MR) is 139 cm³/mol. The van der Waals surface area contributed by atoms with Crippen molar-refractivity contribution in [3.8, 4) is 0 Å². The maximum atomic E-state index is 14.2. The fraction of sp³-hybridized carbons (Fsp3) is 0.467. The number of hydrogen-bond acceptors (Lipinski definition) is 6. The zero-order valence-electron chi connectivity index (χ0n) is 21.3. The molecule has 7 nitrogen and oxygen atoms in total. The highest BCUT2D eigenvalue weighted by molar-refractivity contribution is 5.86. The third-order valence-electron chi connectivity index (χ3n) is 8.68. The minimum absolute atomic E-state index is 0.165. The second kappa shape index (κ2) is 10.8. The normalized spacial score (nSPS) is 24.9. The SMILES string of the molecule is C=C[C@H](N)C(=O)OCOC(C(=O)OC1CC2CCC(C1)[N+]21CCCC1)(c1ccccc1)c1ccccc1. The number of ether oxygens (including phenoxy) is 3. The molecule has 2 N–H and O–H groups in total. The van der Waals surface area contributed by atoms with E-state index in [1.54, 1.807) is 0 Å². The molecule has 1 spiro atoms. The largest absolute Gasteiger partial charge is 0.459 e. The summed E-state index contributed by atoms with van der Waals surface area (Å²) in [5, 5.41) is 0.